The Balaban J connectivity index is 1.86. The summed E-state index contributed by atoms with van der Waals surface area (Å²) in [5.74, 6) is 0. The number of halogens is 1. The number of amides is 2. The van der Waals surface area contributed by atoms with E-state index in [1.165, 1.54) is 0 Å². The highest BCUT2D eigenvalue weighted by Crippen LogP contribution is 2.13. The average molecular weight is 313 g/mol. The second-order valence-electron chi connectivity index (χ2n) is 4.50. The molecule has 1 heterocycles. The minimum Gasteiger partial charge on any atom is -0.379 e. The van der Waals surface area contributed by atoms with Crippen LogP contribution in [0.15, 0.2) is 28.7 Å². The maximum Gasteiger partial charge on any atom is 0.317 e. The normalized spacial score (nSPS) is 18.7. The second-order valence-corrected chi connectivity index (χ2v) is 5.41. The van der Waals surface area contributed by atoms with Crippen LogP contribution >= 0.6 is 15.9 Å². The number of carbonyl (C=O) groups excluding carboxylic acids is 1. The van der Waals surface area contributed by atoms with E-state index in [4.69, 9.17) is 4.74 Å². The van der Waals surface area contributed by atoms with E-state index in [9.17, 15) is 4.79 Å². The molecule has 1 aliphatic heterocycles. The van der Waals surface area contributed by atoms with E-state index in [1.54, 1.807) is 11.9 Å². The van der Waals surface area contributed by atoms with Crippen LogP contribution in [0.2, 0.25) is 0 Å². The molecule has 1 N–H and O–H groups in total. The summed E-state index contributed by atoms with van der Waals surface area (Å²) in [5, 5.41) is 2.96. The van der Waals surface area contributed by atoms with Gasteiger partial charge in [-0.25, -0.2) is 4.79 Å². The van der Waals surface area contributed by atoms with E-state index in [0.717, 1.165) is 23.1 Å². The molecule has 98 valence electrons. The minimum atomic E-state index is -0.0505. The monoisotopic (exact) mass is 312 g/mol. The van der Waals surface area contributed by atoms with Gasteiger partial charge in [0.2, 0.25) is 0 Å². The van der Waals surface area contributed by atoms with Crippen LogP contribution in [0.1, 0.15) is 12.0 Å². The second kappa shape index (κ2) is 6.20. The fraction of sp³-hybridized carbons (Fsp3) is 0.462. The van der Waals surface area contributed by atoms with Crippen molar-refractivity contribution >= 4 is 22.0 Å². The summed E-state index contributed by atoms with van der Waals surface area (Å²) < 4.78 is 6.26. The van der Waals surface area contributed by atoms with Crippen LogP contribution in [-0.2, 0) is 11.3 Å². The summed E-state index contributed by atoms with van der Waals surface area (Å²) in [6.07, 6.45) is 0.899. The third-order valence-electron chi connectivity index (χ3n) is 2.91. The summed E-state index contributed by atoms with van der Waals surface area (Å²) in [4.78, 5) is 13.6. The highest BCUT2D eigenvalue weighted by molar-refractivity contribution is 9.10. The number of rotatable bonds is 3. The Hall–Kier alpha value is -1.07. The molecule has 1 aromatic carbocycles. The molecule has 2 rings (SSSR count). The van der Waals surface area contributed by atoms with Crippen molar-refractivity contribution in [1.29, 1.82) is 0 Å². The number of benzene rings is 1. The van der Waals surface area contributed by atoms with Gasteiger partial charge in [-0.1, -0.05) is 28.1 Å². The molecule has 2 amide bonds. The van der Waals surface area contributed by atoms with Crippen molar-refractivity contribution in [2.45, 2.75) is 19.0 Å². The van der Waals surface area contributed by atoms with E-state index in [-0.39, 0.29) is 12.1 Å². The molecular weight excluding hydrogens is 296 g/mol. The van der Waals surface area contributed by atoms with E-state index >= 15 is 0 Å². The van der Waals surface area contributed by atoms with Crippen LogP contribution in [0.5, 0.6) is 0 Å². The number of ether oxygens (including phenoxy) is 1. The van der Waals surface area contributed by atoms with Crippen LogP contribution in [0, 0.1) is 0 Å². The third kappa shape index (κ3) is 3.71. The molecule has 1 saturated heterocycles. The maximum atomic E-state index is 11.9. The summed E-state index contributed by atoms with van der Waals surface area (Å²) in [6, 6.07) is 8.07. The molecule has 0 spiro atoms. The van der Waals surface area contributed by atoms with E-state index in [0.29, 0.717) is 13.2 Å². The Kier molecular flexibility index (Phi) is 4.60. The summed E-state index contributed by atoms with van der Waals surface area (Å²) in [5.41, 5.74) is 1.10. The van der Waals surface area contributed by atoms with Gasteiger partial charge in [-0.3, -0.25) is 0 Å². The molecular formula is C13H17BrN2O2. The van der Waals surface area contributed by atoms with Crippen molar-refractivity contribution in [1.82, 2.24) is 10.2 Å². The maximum absolute atomic E-state index is 11.9. The summed E-state index contributed by atoms with van der Waals surface area (Å²) in [6.45, 7) is 1.95. The first-order valence-corrected chi connectivity index (χ1v) is 6.78. The van der Waals surface area contributed by atoms with Gasteiger partial charge in [-0.05, 0) is 24.1 Å². The molecule has 18 heavy (non-hydrogen) atoms. The van der Waals surface area contributed by atoms with E-state index in [1.807, 2.05) is 24.3 Å². The van der Waals surface area contributed by atoms with Gasteiger partial charge in [-0.2, -0.15) is 0 Å². The molecule has 1 fully saturated rings. The number of carbonyl (C=O) groups is 1. The first-order valence-electron chi connectivity index (χ1n) is 5.99. The Morgan fingerprint density at radius 2 is 2.44 bits per heavy atom. The van der Waals surface area contributed by atoms with Crippen molar-refractivity contribution in [3.8, 4) is 0 Å². The molecule has 1 atom stereocenters. The third-order valence-corrected chi connectivity index (χ3v) is 3.41. The van der Waals surface area contributed by atoms with Crippen molar-refractivity contribution in [3.63, 3.8) is 0 Å². The molecule has 5 heteroatoms. The molecule has 0 bridgehead atoms. The summed E-state index contributed by atoms with van der Waals surface area (Å²) >= 11 is 3.42. The fourth-order valence-electron chi connectivity index (χ4n) is 1.91. The van der Waals surface area contributed by atoms with Gasteiger partial charge in [0, 0.05) is 24.7 Å². The molecule has 0 aliphatic carbocycles. The number of hydrogen-bond donors (Lipinski definition) is 1. The molecule has 4 nitrogen and oxygen atoms in total. The molecule has 0 radical (unpaired) electrons. The predicted molar refractivity (Wildman–Crippen MR) is 73.4 cm³/mol. The SMILES string of the molecule is CN(Cc1cccc(Br)c1)C(=O)NC1CCOC1. The molecule has 1 aromatic rings. The number of nitrogens with one attached hydrogen (secondary N) is 1. The number of urea groups is 1. The lowest BCUT2D eigenvalue weighted by atomic mass is 10.2. The molecule has 1 aliphatic rings. The van der Waals surface area contributed by atoms with Crippen molar-refractivity contribution < 1.29 is 9.53 Å². The number of nitrogens with zero attached hydrogens (tertiary/aromatic N) is 1. The molecule has 1 unspecified atom stereocenters. The van der Waals surface area contributed by atoms with Gasteiger partial charge in [0.25, 0.3) is 0 Å². The largest absolute Gasteiger partial charge is 0.379 e. The molecule has 0 aromatic heterocycles. The van der Waals surface area contributed by atoms with Crippen molar-refractivity contribution in [3.05, 3.63) is 34.3 Å². The lowest BCUT2D eigenvalue weighted by Crippen LogP contribution is -2.43. The van der Waals surface area contributed by atoms with Gasteiger partial charge in [-0.15, -0.1) is 0 Å². The smallest absolute Gasteiger partial charge is 0.317 e. The lowest BCUT2D eigenvalue weighted by molar-refractivity contribution is 0.181. The first-order chi connectivity index (χ1) is 8.65. The quantitative estimate of drug-likeness (QED) is 0.931. The highest BCUT2D eigenvalue weighted by atomic mass is 79.9. The summed E-state index contributed by atoms with van der Waals surface area (Å²) in [7, 11) is 1.80. The number of hydrogen-bond acceptors (Lipinski definition) is 2. The standard InChI is InChI=1S/C13H17BrN2O2/c1-16(8-10-3-2-4-11(14)7-10)13(17)15-12-5-6-18-9-12/h2-4,7,12H,5-6,8-9H2,1H3,(H,15,17). The van der Waals surface area contributed by atoms with Gasteiger partial charge in [0.1, 0.15) is 0 Å². The Morgan fingerprint density at radius 3 is 3.11 bits per heavy atom. The molecule has 0 saturated carbocycles. The van der Waals surface area contributed by atoms with Crippen molar-refractivity contribution in [2.24, 2.45) is 0 Å². The Labute approximate surface area is 115 Å². The van der Waals surface area contributed by atoms with Gasteiger partial charge in [0.15, 0.2) is 0 Å². The minimum absolute atomic E-state index is 0.0505. The fourth-order valence-corrected chi connectivity index (χ4v) is 2.36. The van der Waals surface area contributed by atoms with Crippen LogP contribution in [0.4, 0.5) is 4.79 Å². The van der Waals surface area contributed by atoms with Crippen LogP contribution in [-0.4, -0.2) is 37.2 Å². The zero-order valence-corrected chi connectivity index (χ0v) is 11.9. The average Bonchev–Trinajstić information content (AvgIpc) is 2.81. The first kappa shape index (κ1) is 13.4. The zero-order chi connectivity index (χ0) is 13.0. The van der Waals surface area contributed by atoms with E-state index in [2.05, 4.69) is 21.2 Å². The van der Waals surface area contributed by atoms with Gasteiger partial charge in [0.05, 0.1) is 12.6 Å². The van der Waals surface area contributed by atoms with Crippen molar-refractivity contribution in [2.75, 3.05) is 20.3 Å². The van der Waals surface area contributed by atoms with Crippen LogP contribution in [0.3, 0.4) is 0 Å². The van der Waals surface area contributed by atoms with Crippen LogP contribution in [0.25, 0.3) is 0 Å². The highest BCUT2D eigenvalue weighted by Gasteiger charge is 2.19. The zero-order valence-electron chi connectivity index (χ0n) is 10.4. The van der Waals surface area contributed by atoms with Gasteiger partial charge < -0.3 is 15.0 Å². The van der Waals surface area contributed by atoms with Gasteiger partial charge >= 0.3 is 6.03 Å². The Morgan fingerprint density at radius 1 is 1.61 bits per heavy atom. The predicted octanol–water partition coefficient (Wildman–Crippen LogP) is 2.38. The van der Waals surface area contributed by atoms with Crippen LogP contribution < -0.4 is 5.32 Å². The van der Waals surface area contributed by atoms with E-state index < -0.39 is 0 Å². The lowest BCUT2D eigenvalue weighted by Gasteiger charge is -2.20. The topological polar surface area (TPSA) is 41.6 Å². The Bertz CT molecular complexity index is 419.